The molecule has 0 saturated carbocycles. The van der Waals surface area contributed by atoms with Gasteiger partial charge < -0.3 is 20.5 Å². The number of hydrogen-bond donors (Lipinski definition) is 2. The van der Waals surface area contributed by atoms with Crippen LogP contribution in [0.15, 0.2) is 36.4 Å². The summed E-state index contributed by atoms with van der Waals surface area (Å²) in [5, 5.41) is 11.8. The number of carbonyl (C=O) groups excluding carboxylic acids is 2. The van der Waals surface area contributed by atoms with Gasteiger partial charge in [-0.05, 0) is 25.1 Å². The summed E-state index contributed by atoms with van der Waals surface area (Å²) in [6, 6.07) is 11.2. The van der Waals surface area contributed by atoms with E-state index >= 15 is 0 Å². The van der Waals surface area contributed by atoms with Crippen molar-refractivity contribution in [2.45, 2.75) is 13.0 Å². The number of ether oxygens (including phenoxy) is 2. The van der Waals surface area contributed by atoms with Gasteiger partial charge in [0.2, 0.25) is 0 Å². The van der Waals surface area contributed by atoms with Gasteiger partial charge in [-0.3, -0.25) is 4.79 Å². The molecule has 0 aliphatic heterocycles. The fourth-order valence-corrected chi connectivity index (χ4v) is 2.26. The number of amides is 1. The zero-order valence-corrected chi connectivity index (χ0v) is 14.8. The van der Waals surface area contributed by atoms with Crippen LogP contribution in [0.2, 0.25) is 5.02 Å². The number of nitriles is 1. The molecule has 7 nitrogen and oxygen atoms in total. The molecule has 2 aromatic rings. The number of hydrogen-bond acceptors (Lipinski definition) is 6. The average Bonchev–Trinajstić information content (AvgIpc) is 2.63. The van der Waals surface area contributed by atoms with E-state index in [1.807, 2.05) is 6.07 Å². The van der Waals surface area contributed by atoms with Gasteiger partial charge in [-0.1, -0.05) is 23.7 Å². The van der Waals surface area contributed by atoms with Crippen molar-refractivity contribution in [1.29, 1.82) is 5.26 Å². The first-order valence-corrected chi connectivity index (χ1v) is 7.89. The van der Waals surface area contributed by atoms with Gasteiger partial charge in [-0.2, -0.15) is 5.26 Å². The fourth-order valence-electron chi connectivity index (χ4n) is 2.10. The molecule has 0 saturated heterocycles. The first kappa shape index (κ1) is 19.1. The Labute approximate surface area is 155 Å². The molecule has 0 bridgehead atoms. The van der Waals surface area contributed by atoms with Crippen LogP contribution in [0, 0.1) is 11.3 Å². The van der Waals surface area contributed by atoms with Crippen LogP contribution >= 0.6 is 11.6 Å². The third-order valence-corrected chi connectivity index (χ3v) is 3.82. The number of nitrogens with zero attached hydrogens (tertiary/aromatic N) is 1. The molecule has 2 aromatic carbocycles. The van der Waals surface area contributed by atoms with E-state index in [1.165, 1.54) is 26.2 Å². The Morgan fingerprint density at radius 2 is 2.00 bits per heavy atom. The lowest BCUT2D eigenvalue weighted by atomic mass is 10.1. The molecular formula is C18H16ClN3O4. The summed E-state index contributed by atoms with van der Waals surface area (Å²) in [7, 11) is 1.37. The molecule has 0 radical (unpaired) electrons. The number of nitrogen functional groups attached to an aromatic ring is 1. The van der Waals surface area contributed by atoms with Crippen LogP contribution in [0.3, 0.4) is 0 Å². The van der Waals surface area contributed by atoms with Gasteiger partial charge in [0, 0.05) is 6.07 Å². The first-order chi connectivity index (χ1) is 12.4. The summed E-state index contributed by atoms with van der Waals surface area (Å²) >= 11 is 5.93. The van der Waals surface area contributed by atoms with Crippen LogP contribution in [-0.4, -0.2) is 25.1 Å². The molecule has 2 rings (SSSR count). The molecule has 0 aromatic heterocycles. The predicted molar refractivity (Wildman–Crippen MR) is 97.1 cm³/mol. The smallest absolute Gasteiger partial charge is 0.342 e. The van der Waals surface area contributed by atoms with Gasteiger partial charge in [0.15, 0.2) is 6.10 Å². The number of carbonyl (C=O) groups is 2. The van der Waals surface area contributed by atoms with Crippen molar-refractivity contribution < 1.29 is 19.1 Å². The van der Waals surface area contributed by atoms with Gasteiger partial charge in [0.25, 0.3) is 5.91 Å². The lowest BCUT2D eigenvalue weighted by Gasteiger charge is -2.16. The van der Waals surface area contributed by atoms with Crippen LogP contribution < -0.4 is 15.8 Å². The Morgan fingerprint density at radius 3 is 2.65 bits per heavy atom. The summed E-state index contributed by atoms with van der Waals surface area (Å²) in [6.07, 6.45) is -1.12. The quantitative estimate of drug-likeness (QED) is 0.615. The van der Waals surface area contributed by atoms with Crippen molar-refractivity contribution in [2.75, 3.05) is 18.2 Å². The summed E-state index contributed by atoms with van der Waals surface area (Å²) in [5.74, 6) is -1.19. The van der Waals surface area contributed by atoms with Gasteiger partial charge in [-0.15, -0.1) is 0 Å². The minimum atomic E-state index is -1.12. The Morgan fingerprint density at radius 1 is 1.31 bits per heavy atom. The van der Waals surface area contributed by atoms with Crippen molar-refractivity contribution in [3.05, 3.63) is 52.5 Å². The minimum Gasteiger partial charge on any atom is -0.496 e. The molecule has 0 spiro atoms. The first-order valence-electron chi connectivity index (χ1n) is 7.51. The number of para-hydroxylation sites is 1. The van der Waals surface area contributed by atoms with Gasteiger partial charge in [0.1, 0.15) is 17.4 Å². The highest BCUT2D eigenvalue weighted by Crippen LogP contribution is 2.29. The second-order valence-electron chi connectivity index (χ2n) is 5.27. The molecule has 0 fully saturated rings. The maximum atomic E-state index is 12.3. The summed E-state index contributed by atoms with van der Waals surface area (Å²) in [4.78, 5) is 24.6. The lowest BCUT2D eigenvalue weighted by molar-refractivity contribution is -0.123. The van der Waals surface area contributed by atoms with Gasteiger partial charge >= 0.3 is 5.97 Å². The summed E-state index contributed by atoms with van der Waals surface area (Å²) < 4.78 is 10.3. The fraction of sp³-hybridized carbons (Fsp3) is 0.167. The van der Waals surface area contributed by atoms with Gasteiger partial charge in [-0.25, -0.2) is 4.79 Å². The van der Waals surface area contributed by atoms with E-state index in [0.29, 0.717) is 11.3 Å². The number of methoxy groups -OCH3 is 1. The van der Waals surface area contributed by atoms with Crippen LogP contribution in [0.5, 0.6) is 5.75 Å². The number of esters is 1. The number of nitrogens with one attached hydrogen (secondary N) is 1. The monoisotopic (exact) mass is 373 g/mol. The van der Waals surface area contributed by atoms with Crippen molar-refractivity contribution in [3.8, 4) is 11.8 Å². The van der Waals surface area contributed by atoms with Crippen molar-refractivity contribution in [2.24, 2.45) is 0 Å². The number of anilines is 2. The molecule has 0 aliphatic carbocycles. The Hall–Kier alpha value is -3.24. The molecule has 0 aliphatic rings. The number of halogens is 1. The van der Waals surface area contributed by atoms with E-state index in [0.717, 1.165) is 0 Å². The van der Waals surface area contributed by atoms with Gasteiger partial charge in [0.05, 0.1) is 29.1 Å². The number of benzene rings is 2. The molecule has 8 heteroatoms. The van der Waals surface area contributed by atoms with Crippen molar-refractivity contribution >= 4 is 34.9 Å². The lowest BCUT2D eigenvalue weighted by Crippen LogP contribution is -2.30. The van der Waals surface area contributed by atoms with Crippen LogP contribution in [0.4, 0.5) is 11.4 Å². The largest absolute Gasteiger partial charge is 0.496 e. The van der Waals surface area contributed by atoms with E-state index in [4.69, 9.17) is 32.1 Å². The molecule has 3 N–H and O–H groups in total. The topological polar surface area (TPSA) is 114 Å². The Balaban J connectivity index is 2.13. The summed E-state index contributed by atoms with van der Waals surface area (Å²) in [5.41, 5.74) is 6.59. The van der Waals surface area contributed by atoms with E-state index in [-0.39, 0.29) is 22.0 Å². The highest BCUT2D eigenvalue weighted by atomic mass is 35.5. The van der Waals surface area contributed by atoms with Crippen molar-refractivity contribution in [1.82, 2.24) is 0 Å². The third kappa shape index (κ3) is 4.23. The summed E-state index contributed by atoms with van der Waals surface area (Å²) in [6.45, 7) is 1.41. The Bertz CT molecular complexity index is 892. The number of nitrogens with two attached hydrogens (primary N) is 1. The Kier molecular flexibility index (Phi) is 6.04. The molecule has 1 amide bonds. The number of rotatable bonds is 5. The van der Waals surface area contributed by atoms with E-state index in [9.17, 15) is 9.59 Å². The second kappa shape index (κ2) is 8.23. The maximum absolute atomic E-state index is 12.3. The molecule has 0 heterocycles. The standard InChI is InChI=1S/C18H16ClN3O4/c1-10(17(23)22-15-6-4-3-5-11(15)9-20)26-18(24)12-7-13(19)14(21)8-16(12)25-2/h3-8,10H,21H2,1-2H3,(H,22,23)/t10-/m0/s1. The minimum absolute atomic E-state index is 0.0452. The molecule has 26 heavy (non-hydrogen) atoms. The highest BCUT2D eigenvalue weighted by molar-refractivity contribution is 6.33. The van der Waals surface area contributed by atoms with Crippen LogP contribution in [0.25, 0.3) is 0 Å². The molecule has 0 unspecified atom stereocenters. The molecule has 1 atom stereocenters. The van der Waals surface area contributed by atoms with Crippen LogP contribution in [0.1, 0.15) is 22.8 Å². The third-order valence-electron chi connectivity index (χ3n) is 3.50. The SMILES string of the molecule is COc1cc(N)c(Cl)cc1C(=O)O[C@@H](C)C(=O)Nc1ccccc1C#N. The normalized spacial score (nSPS) is 11.2. The maximum Gasteiger partial charge on any atom is 0.342 e. The zero-order valence-electron chi connectivity index (χ0n) is 14.1. The van der Waals surface area contributed by atoms with E-state index < -0.39 is 18.0 Å². The molecular weight excluding hydrogens is 358 g/mol. The van der Waals surface area contributed by atoms with E-state index in [1.54, 1.807) is 24.3 Å². The molecule has 134 valence electrons. The highest BCUT2D eigenvalue weighted by Gasteiger charge is 2.23. The second-order valence-corrected chi connectivity index (χ2v) is 5.68. The average molecular weight is 374 g/mol. The van der Waals surface area contributed by atoms with Crippen LogP contribution in [-0.2, 0) is 9.53 Å². The van der Waals surface area contributed by atoms with E-state index in [2.05, 4.69) is 5.32 Å². The predicted octanol–water partition coefficient (Wildman–Crippen LogP) is 2.99. The van der Waals surface area contributed by atoms with Crippen molar-refractivity contribution in [3.63, 3.8) is 0 Å². The zero-order chi connectivity index (χ0) is 19.3.